The van der Waals surface area contributed by atoms with E-state index >= 15 is 0 Å². The second-order valence-electron chi connectivity index (χ2n) is 9.30. The Labute approximate surface area is 207 Å². The quantitative estimate of drug-likeness (QED) is 0.354. The fourth-order valence-corrected chi connectivity index (χ4v) is 4.51. The molecule has 2 atom stereocenters. The Morgan fingerprint density at radius 1 is 1.05 bits per heavy atom. The summed E-state index contributed by atoms with van der Waals surface area (Å²) >= 11 is 0. The Morgan fingerprint density at radius 2 is 1.70 bits per heavy atom. The van der Waals surface area contributed by atoms with Crippen LogP contribution >= 0.6 is 0 Å². The largest absolute Gasteiger partial charge is 0.481 e. The van der Waals surface area contributed by atoms with Crippen molar-refractivity contribution in [3.63, 3.8) is 0 Å². The third-order valence-corrected chi connectivity index (χ3v) is 6.17. The average molecular weight is 533 g/mol. The first-order chi connectivity index (χ1) is 17.0. The molecule has 1 aliphatic rings. The van der Waals surface area contributed by atoms with Gasteiger partial charge in [-0.3, -0.25) is 4.79 Å². The monoisotopic (exact) mass is 533 g/mol. The van der Waals surface area contributed by atoms with Crippen LogP contribution in [0.5, 0.6) is 0 Å². The van der Waals surface area contributed by atoms with Gasteiger partial charge < -0.3 is 10.4 Å². The van der Waals surface area contributed by atoms with Gasteiger partial charge in [0.25, 0.3) is 0 Å². The summed E-state index contributed by atoms with van der Waals surface area (Å²) in [4.78, 5) is 12.2. The van der Waals surface area contributed by atoms with Crippen LogP contribution in [0.1, 0.15) is 37.8 Å². The van der Waals surface area contributed by atoms with Gasteiger partial charge in [-0.1, -0.05) is 32.0 Å². The lowest BCUT2D eigenvalue weighted by molar-refractivity contribution is -0.227. The molecule has 2 aromatic carbocycles. The first-order valence-corrected chi connectivity index (χ1v) is 11.2. The number of alkyl halides is 6. The molecule has 1 aliphatic carbocycles. The molecular weight excluding hydrogens is 510 g/mol. The first-order valence-electron chi connectivity index (χ1n) is 11.2. The number of allylic oxidation sites excluding steroid dienone is 3. The highest BCUT2D eigenvalue weighted by atomic mass is 19.4. The van der Waals surface area contributed by atoms with Crippen molar-refractivity contribution in [2.45, 2.75) is 39.0 Å². The van der Waals surface area contributed by atoms with Crippen LogP contribution in [0, 0.1) is 28.9 Å². The van der Waals surface area contributed by atoms with Crippen LogP contribution in [0.15, 0.2) is 60.3 Å². The van der Waals surface area contributed by atoms with E-state index in [0.717, 1.165) is 12.1 Å². The minimum Gasteiger partial charge on any atom is -0.481 e. The van der Waals surface area contributed by atoms with Gasteiger partial charge in [-0.15, -0.1) is 0 Å². The highest BCUT2D eigenvalue weighted by Crippen LogP contribution is 2.56. The summed E-state index contributed by atoms with van der Waals surface area (Å²) in [6, 6.07) is 6.46. The molecular formula is C26H23F8NO2. The molecule has 0 spiro atoms. The molecule has 2 N–H and O–H groups in total. The average Bonchev–Trinajstić information content (AvgIpc) is 2.77. The van der Waals surface area contributed by atoms with Crippen LogP contribution in [0.25, 0.3) is 5.57 Å². The zero-order chi connectivity index (χ0) is 27.8. The molecule has 2 unspecified atom stereocenters. The van der Waals surface area contributed by atoms with Crippen molar-refractivity contribution < 1.29 is 45.0 Å². The van der Waals surface area contributed by atoms with Crippen LogP contribution in [-0.4, -0.2) is 17.3 Å². The summed E-state index contributed by atoms with van der Waals surface area (Å²) in [6.45, 7) is 3.07. The van der Waals surface area contributed by atoms with Gasteiger partial charge in [0.2, 0.25) is 0 Å². The number of rotatable bonds is 7. The molecule has 0 saturated carbocycles. The molecule has 0 amide bonds. The fraction of sp³-hybridized carbons (Fsp3) is 0.346. The normalized spacial score (nSPS) is 19.3. The van der Waals surface area contributed by atoms with Gasteiger partial charge >= 0.3 is 18.3 Å². The van der Waals surface area contributed by atoms with Crippen molar-refractivity contribution in [2.75, 3.05) is 5.32 Å². The summed E-state index contributed by atoms with van der Waals surface area (Å²) in [5.41, 5.74) is -6.37. The number of carboxylic acid groups (broad SMARTS) is 1. The van der Waals surface area contributed by atoms with E-state index in [2.05, 4.69) is 5.32 Å². The zero-order valence-corrected chi connectivity index (χ0v) is 19.6. The van der Waals surface area contributed by atoms with E-state index in [1.165, 1.54) is 32.0 Å². The number of hydrogen-bond donors (Lipinski definition) is 2. The standard InChI is InChI=1S/C26H23F8NO2/c1-14(2)9-20(23(36)37)24(26(32,33)34)12-15(18-5-3-4-6-21(18)28)10-17(13-24)35-22-8-7-16(27)11-19(22)25(29,30)31/h3-8,10-11,13-14,20,35H,9,12H2,1-2H3,(H,36,37). The molecule has 3 nitrogen and oxygen atoms in total. The van der Waals surface area contributed by atoms with Gasteiger partial charge in [-0.05, 0) is 60.8 Å². The first kappa shape index (κ1) is 28.2. The zero-order valence-electron chi connectivity index (χ0n) is 19.6. The number of carboxylic acids is 1. The van der Waals surface area contributed by atoms with Crippen molar-refractivity contribution in [3.8, 4) is 0 Å². The van der Waals surface area contributed by atoms with Crippen molar-refractivity contribution in [1.29, 1.82) is 0 Å². The van der Waals surface area contributed by atoms with Gasteiger partial charge in [-0.25, -0.2) is 8.78 Å². The van der Waals surface area contributed by atoms with Gasteiger partial charge in [-0.2, -0.15) is 26.3 Å². The van der Waals surface area contributed by atoms with E-state index in [0.29, 0.717) is 18.2 Å². The minimum absolute atomic E-state index is 0.184. The summed E-state index contributed by atoms with van der Waals surface area (Å²) in [5.74, 6) is -6.38. The summed E-state index contributed by atoms with van der Waals surface area (Å²) in [7, 11) is 0. The summed E-state index contributed by atoms with van der Waals surface area (Å²) in [6.07, 6.45) is -10.0. The lowest BCUT2D eigenvalue weighted by Gasteiger charge is -2.42. The number of benzene rings is 2. The van der Waals surface area contributed by atoms with Crippen molar-refractivity contribution >= 4 is 17.2 Å². The van der Waals surface area contributed by atoms with Crippen molar-refractivity contribution in [1.82, 2.24) is 0 Å². The fourth-order valence-electron chi connectivity index (χ4n) is 4.51. The number of carbonyl (C=O) groups is 1. The molecule has 3 rings (SSSR count). The van der Waals surface area contributed by atoms with E-state index in [1.807, 2.05) is 0 Å². The smallest absolute Gasteiger partial charge is 0.418 e. The molecule has 0 radical (unpaired) electrons. The number of hydrogen-bond acceptors (Lipinski definition) is 2. The van der Waals surface area contributed by atoms with E-state index in [4.69, 9.17) is 0 Å². The van der Waals surface area contributed by atoms with E-state index in [-0.39, 0.29) is 17.2 Å². The molecule has 0 fully saturated rings. The predicted molar refractivity (Wildman–Crippen MR) is 121 cm³/mol. The van der Waals surface area contributed by atoms with Gasteiger partial charge in [0.05, 0.1) is 17.2 Å². The predicted octanol–water partition coefficient (Wildman–Crippen LogP) is 8.06. The third kappa shape index (κ3) is 5.97. The number of halogens is 8. The van der Waals surface area contributed by atoms with Crippen LogP contribution < -0.4 is 5.32 Å². The Morgan fingerprint density at radius 3 is 2.24 bits per heavy atom. The van der Waals surface area contributed by atoms with E-state index < -0.39 is 77.0 Å². The lowest BCUT2D eigenvalue weighted by atomic mass is 9.64. The maximum Gasteiger partial charge on any atom is 0.418 e. The Kier molecular flexibility index (Phi) is 7.76. The van der Waals surface area contributed by atoms with Gasteiger partial charge in [0.15, 0.2) is 0 Å². The number of anilines is 1. The SMILES string of the molecule is CC(C)CC(C(=O)O)C1(C(F)(F)F)C=C(Nc2ccc(F)cc2C(F)(F)F)C=C(c2ccccc2F)C1. The topological polar surface area (TPSA) is 49.3 Å². The second kappa shape index (κ2) is 10.2. The molecule has 2 aromatic rings. The molecule has 200 valence electrons. The number of aliphatic carboxylic acids is 1. The Hall–Kier alpha value is -3.37. The molecule has 0 saturated heterocycles. The molecule has 37 heavy (non-hydrogen) atoms. The molecule has 0 heterocycles. The van der Waals surface area contributed by atoms with Crippen molar-refractivity contribution in [3.05, 3.63) is 83.1 Å². The lowest BCUT2D eigenvalue weighted by Crippen LogP contribution is -2.48. The van der Waals surface area contributed by atoms with Gasteiger partial charge in [0, 0.05) is 11.3 Å². The van der Waals surface area contributed by atoms with E-state index in [1.54, 1.807) is 0 Å². The Bertz CT molecular complexity index is 1230. The molecule has 0 bridgehead atoms. The highest BCUT2D eigenvalue weighted by Gasteiger charge is 2.61. The third-order valence-electron chi connectivity index (χ3n) is 6.17. The highest BCUT2D eigenvalue weighted by molar-refractivity contribution is 5.77. The Balaban J connectivity index is 2.29. The number of nitrogens with one attached hydrogen (secondary N) is 1. The molecule has 0 aromatic heterocycles. The van der Waals surface area contributed by atoms with Crippen LogP contribution in [0.3, 0.4) is 0 Å². The summed E-state index contributed by atoms with van der Waals surface area (Å²) in [5, 5.41) is 12.1. The molecule has 11 heteroatoms. The van der Waals surface area contributed by atoms with Gasteiger partial charge in [0.1, 0.15) is 17.0 Å². The molecule has 0 aliphatic heterocycles. The van der Waals surface area contributed by atoms with Crippen LogP contribution in [-0.2, 0) is 11.0 Å². The summed E-state index contributed by atoms with van der Waals surface area (Å²) < 4.78 is 113. The maximum atomic E-state index is 14.8. The van der Waals surface area contributed by atoms with Crippen molar-refractivity contribution in [2.24, 2.45) is 17.3 Å². The second-order valence-corrected chi connectivity index (χ2v) is 9.30. The minimum atomic E-state index is -5.18. The van der Waals surface area contributed by atoms with Crippen LogP contribution in [0.2, 0.25) is 0 Å². The maximum absolute atomic E-state index is 14.8. The van der Waals surface area contributed by atoms with Crippen LogP contribution in [0.4, 0.5) is 40.8 Å². The van der Waals surface area contributed by atoms with E-state index in [9.17, 15) is 45.0 Å².